The Labute approximate surface area is 168 Å². The number of benzene rings is 1. The van der Waals surface area contributed by atoms with Crippen molar-refractivity contribution in [2.24, 2.45) is 0 Å². The summed E-state index contributed by atoms with van der Waals surface area (Å²) >= 11 is 8.83. The summed E-state index contributed by atoms with van der Waals surface area (Å²) in [7, 11) is 0. The molecule has 0 aliphatic rings. The van der Waals surface area contributed by atoms with Gasteiger partial charge in [-0.15, -0.1) is 0 Å². The molecule has 0 spiro atoms. The maximum Gasteiger partial charge on any atom is 0.172 e. The van der Waals surface area contributed by atoms with Crippen molar-refractivity contribution in [1.29, 1.82) is 0 Å². The van der Waals surface area contributed by atoms with Crippen molar-refractivity contribution in [2.75, 3.05) is 31.5 Å². The first-order chi connectivity index (χ1) is 12.5. The molecule has 2 rings (SSSR count). The summed E-state index contributed by atoms with van der Waals surface area (Å²) < 4.78 is 15.6. The number of rotatable bonds is 9. The van der Waals surface area contributed by atoms with Gasteiger partial charge in [0.2, 0.25) is 0 Å². The quantitative estimate of drug-likeness (QED) is 0.456. The van der Waals surface area contributed by atoms with Crippen molar-refractivity contribution in [1.82, 2.24) is 20.0 Å². The van der Waals surface area contributed by atoms with E-state index in [-0.39, 0.29) is 5.82 Å². The molecule has 1 aromatic heterocycles. The summed E-state index contributed by atoms with van der Waals surface area (Å²) in [4.78, 5) is 2.38. The molecule has 0 atom stereocenters. The zero-order valence-corrected chi connectivity index (χ0v) is 17.5. The third-order valence-corrected chi connectivity index (χ3v) is 4.86. The normalized spacial score (nSPS) is 11.0. The number of nitrogens with zero attached hydrogens (tertiary/aromatic N) is 3. The summed E-state index contributed by atoms with van der Waals surface area (Å²) in [6.07, 6.45) is 2.90. The van der Waals surface area contributed by atoms with E-state index in [9.17, 15) is 4.39 Å². The Bertz CT molecular complexity index is 700. The van der Waals surface area contributed by atoms with E-state index < -0.39 is 0 Å². The summed E-state index contributed by atoms with van der Waals surface area (Å²) in [5, 5.41) is 11.4. The summed E-state index contributed by atoms with van der Waals surface area (Å²) in [6, 6.07) is 6.40. The molecule has 0 saturated heterocycles. The molecule has 0 fully saturated rings. The number of aromatic nitrogens is 2. The molecule has 0 saturated carbocycles. The van der Waals surface area contributed by atoms with Gasteiger partial charge in [0.1, 0.15) is 5.82 Å². The Balaban J connectivity index is 1.81. The van der Waals surface area contributed by atoms with Crippen molar-refractivity contribution in [2.45, 2.75) is 26.8 Å². The Kier molecular flexibility index (Phi) is 8.47. The molecule has 0 bridgehead atoms. The fourth-order valence-corrected chi connectivity index (χ4v) is 3.15. The van der Waals surface area contributed by atoms with E-state index in [1.807, 2.05) is 6.20 Å². The second kappa shape index (κ2) is 10.6. The molecule has 1 heterocycles. The molecular formula is C18H25BrFN5S. The van der Waals surface area contributed by atoms with Crippen LogP contribution in [-0.2, 0) is 6.54 Å². The summed E-state index contributed by atoms with van der Waals surface area (Å²) in [6.45, 7) is 8.90. The molecule has 5 nitrogen and oxygen atoms in total. The van der Waals surface area contributed by atoms with Gasteiger partial charge in [-0.3, -0.25) is 4.68 Å². The average Bonchev–Trinajstić information content (AvgIpc) is 2.96. The molecule has 0 radical (unpaired) electrons. The number of anilines is 1. The van der Waals surface area contributed by atoms with Crippen LogP contribution in [0.1, 0.15) is 25.8 Å². The third kappa shape index (κ3) is 6.66. The number of halogens is 2. The van der Waals surface area contributed by atoms with Crippen molar-refractivity contribution >= 4 is 39.1 Å². The zero-order valence-electron chi connectivity index (χ0n) is 15.1. The van der Waals surface area contributed by atoms with Gasteiger partial charge in [-0.1, -0.05) is 26.0 Å². The topological polar surface area (TPSA) is 45.1 Å². The standard InChI is InChI=1S/C18H25BrFN5S/c1-3-24(4-2)11-5-10-21-18(26)22-17-16(19)13-25(23-17)12-14-6-8-15(20)9-7-14/h6-9,13H,3-5,10-12H2,1-2H3,(H2,21,22,23,26). The minimum atomic E-state index is -0.241. The molecule has 0 aliphatic carbocycles. The van der Waals surface area contributed by atoms with Crippen LogP contribution in [0.3, 0.4) is 0 Å². The average molecular weight is 442 g/mol. The number of nitrogens with one attached hydrogen (secondary N) is 2. The Morgan fingerprint density at radius 1 is 1.27 bits per heavy atom. The molecule has 2 aromatic rings. The van der Waals surface area contributed by atoms with Crippen LogP contribution in [-0.4, -0.2) is 46.0 Å². The lowest BCUT2D eigenvalue weighted by atomic mass is 10.2. The van der Waals surface area contributed by atoms with Crippen LogP contribution in [0.4, 0.5) is 10.2 Å². The second-order valence-electron chi connectivity index (χ2n) is 5.91. The van der Waals surface area contributed by atoms with Crippen LogP contribution < -0.4 is 10.6 Å². The molecule has 1 aromatic carbocycles. The predicted molar refractivity (Wildman–Crippen MR) is 112 cm³/mol. The summed E-state index contributed by atoms with van der Waals surface area (Å²) in [5.74, 6) is 0.420. The minimum absolute atomic E-state index is 0.241. The molecule has 26 heavy (non-hydrogen) atoms. The number of thiocarbonyl (C=S) groups is 1. The minimum Gasteiger partial charge on any atom is -0.362 e. The zero-order chi connectivity index (χ0) is 18.9. The smallest absolute Gasteiger partial charge is 0.172 e. The van der Waals surface area contributed by atoms with Gasteiger partial charge in [0, 0.05) is 12.7 Å². The van der Waals surface area contributed by atoms with Gasteiger partial charge < -0.3 is 15.5 Å². The molecule has 142 valence electrons. The predicted octanol–water partition coefficient (Wildman–Crippen LogP) is 3.85. The van der Waals surface area contributed by atoms with Crippen LogP contribution in [0, 0.1) is 5.82 Å². The van der Waals surface area contributed by atoms with Crippen LogP contribution in [0.2, 0.25) is 0 Å². The highest BCUT2D eigenvalue weighted by atomic mass is 79.9. The van der Waals surface area contributed by atoms with E-state index in [0.717, 1.165) is 42.6 Å². The van der Waals surface area contributed by atoms with Gasteiger partial charge in [-0.05, 0) is 71.9 Å². The highest BCUT2D eigenvalue weighted by molar-refractivity contribution is 9.10. The molecular weight excluding hydrogens is 417 g/mol. The largest absolute Gasteiger partial charge is 0.362 e. The Morgan fingerprint density at radius 3 is 2.62 bits per heavy atom. The Hall–Kier alpha value is -1.51. The number of hydrogen-bond donors (Lipinski definition) is 2. The molecule has 2 N–H and O–H groups in total. The molecule has 8 heteroatoms. The fraction of sp³-hybridized carbons (Fsp3) is 0.444. The highest BCUT2D eigenvalue weighted by Gasteiger charge is 2.09. The van der Waals surface area contributed by atoms with E-state index >= 15 is 0 Å². The Morgan fingerprint density at radius 2 is 1.96 bits per heavy atom. The van der Waals surface area contributed by atoms with Gasteiger partial charge in [0.15, 0.2) is 10.9 Å². The third-order valence-electron chi connectivity index (χ3n) is 4.04. The van der Waals surface area contributed by atoms with E-state index in [1.165, 1.54) is 12.1 Å². The van der Waals surface area contributed by atoms with E-state index in [2.05, 4.69) is 50.4 Å². The fourth-order valence-electron chi connectivity index (χ4n) is 2.54. The van der Waals surface area contributed by atoms with Crippen LogP contribution >= 0.6 is 28.1 Å². The SMILES string of the molecule is CCN(CC)CCCNC(=S)Nc1nn(Cc2ccc(F)cc2)cc1Br. The monoisotopic (exact) mass is 441 g/mol. The lowest BCUT2D eigenvalue weighted by molar-refractivity contribution is 0.300. The first kappa shape index (κ1) is 20.8. The van der Waals surface area contributed by atoms with E-state index in [4.69, 9.17) is 12.2 Å². The van der Waals surface area contributed by atoms with Gasteiger partial charge >= 0.3 is 0 Å². The van der Waals surface area contributed by atoms with Crippen molar-refractivity contribution in [3.63, 3.8) is 0 Å². The first-order valence-electron chi connectivity index (χ1n) is 8.76. The molecule has 0 aliphatic heterocycles. The van der Waals surface area contributed by atoms with Crippen LogP contribution in [0.25, 0.3) is 0 Å². The maximum atomic E-state index is 13.0. The number of hydrogen-bond acceptors (Lipinski definition) is 3. The van der Waals surface area contributed by atoms with Gasteiger partial charge in [-0.2, -0.15) is 5.10 Å². The lowest BCUT2D eigenvalue weighted by Crippen LogP contribution is -2.32. The second-order valence-corrected chi connectivity index (χ2v) is 7.17. The van der Waals surface area contributed by atoms with Crippen LogP contribution in [0.15, 0.2) is 34.9 Å². The molecule has 0 unspecified atom stereocenters. The van der Waals surface area contributed by atoms with Crippen molar-refractivity contribution in [3.8, 4) is 0 Å². The van der Waals surface area contributed by atoms with Gasteiger partial charge in [0.25, 0.3) is 0 Å². The van der Waals surface area contributed by atoms with Crippen molar-refractivity contribution in [3.05, 3.63) is 46.3 Å². The van der Waals surface area contributed by atoms with E-state index in [1.54, 1.807) is 16.8 Å². The highest BCUT2D eigenvalue weighted by Crippen LogP contribution is 2.20. The lowest BCUT2D eigenvalue weighted by Gasteiger charge is -2.18. The molecule has 0 amide bonds. The first-order valence-corrected chi connectivity index (χ1v) is 9.96. The summed E-state index contributed by atoms with van der Waals surface area (Å²) in [5.41, 5.74) is 0.977. The maximum absolute atomic E-state index is 13.0. The van der Waals surface area contributed by atoms with Gasteiger partial charge in [0.05, 0.1) is 11.0 Å². The van der Waals surface area contributed by atoms with Crippen LogP contribution in [0.5, 0.6) is 0 Å². The van der Waals surface area contributed by atoms with Crippen molar-refractivity contribution < 1.29 is 4.39 Å². The van der Waals surface area contributed by atoms with Gasteiger partial charge in [-0.25, -0.2) is 4.39 Å². The van der Waals surface area contributed by atoms with E-state index in [0.29, 0.717) is 17.5 Å².